The highest BCUT2D eigenvalue weighted by atomic mass is 16.5. The van der Waals surface area contributed by atoms with Crippen LogP contribution in [0, 0.1) is 13.8 Å². The van der Waals surface area contributed by atoms with Crippen molar-refractivity contribution in [3.63, 3.8) is 0 Å². The van der Waals surface area contributed by atoms with Crippen molar-refractivity contribution < 1.29 is 18.9 Å². The molecule has 0 saturated carbocycles. The third-order valence-corrected chi connectivity index (χ3v) is 6.06. The number of aliphatic hydroxyl groups excluding tert-OH is 1. The summed E-state index contributed by atoms with van der Waals surface area (Å²) in [7, 11) is 0. The van der Waals surface area contributed by atoms with Gasteiger partial charge in [-0.3, -0.25) is 16.0 Å². The minimum absolute atomic E-state index is 0.132. The Morgan fingerprint density at radius 2 is 1.94 bits per heavy atom. The van der Waals surface area contributed by atoms with Crippen molar-refractivity contribution >= 4 is 5.96 Å². The largest absolute Gasteiger partial charge is 0.493 e. The lowest BCUT2D eigenvalue weighted by Gasteiger charge is -2.11. The predicted octanol–water partition coefficient (Wildman–Crippen LogP) is 2.85. The molecule has 1 aliphatic heterocycles. The molecule has 33 heavy (non-hydrogen) atoms. The first-order chi connectivity index (χ1) is 15.9. The van der Waals surface area contributed by atoms with Gasteiger partial charge in [-0.15, -0.1) is 0 Å². The molecule has 2 atom stereocenters. The summed E-state index contributed by atoms with van der Waals surface area (Å²) in [6.07, 6.45) is 3.01. The Kier molecular flexibility index (Phi) is 6.93. The van der Waals surface area contributed by atoms with Crippen LogP contribution in [0.15, 0.2) is 47.0 Å². The number of nitrogens with zero attached hydrogens (tertiary/aromatic N) is 3. The van der Waals surface area contributed by atoms with Gasteiger partial charge in [-0.25, -0.2) is 0 Å². The monoisotopic (exact) mass is 450 g/mol. The first kappa shape index (κ1) is 22.8. The number of ether oxygens (including phenoxy) is 1. The zero-order chi connectivity index (χ0) is 23.4. The SMILES string of the molecule is Cc1ccc(CCCCOc2ccc(-c3noc([C@@H]4[C@@H](O)CC[N+]4=C(N)N)n3)cc2C)cc1. The summed E-state index contributed by atoms with van der Waals surface area (Å²) in [5.41, 5.74) is 15.9. The van der Waals surface area contributed by atoms with Crippen LogP contribution >= 0.6 is 0 Å². The van der Waals surface area contributed by atoms with Gasteiger partial charge in [0.1, 0.15) is 5.75 Å². The summed E-state index contributed by atoms with van der Waals surface area (Å²) in [4.78, 5) is 4.49. The van der Waals surface area contributed by atoms with Gasteiger partial charge in [-0.1, -0.05) is 35.0 Å². The Hall–Kier alpha value is -3.39. The number of nitrogens with two attached hydrogens (primary N) is 2. The van der Waals surface area contributed by atoms with Crippen LogP contribution in [0.4, 0.5) is 0 Å². The maximum absolute atomic E-state index is 10.3. The summed E-state index contributed by atoms with van der Waals surface area (Å²) >= 11 is 0. The normalized spacial score (nSPS) is 18.0. The van der Waals surface area contributed by atoms with Crippen LogP contribution in [-0.4, -0.2) is 45.0 Å². The maximum atomic E-state index is 10.3. The Labute approximate surface area is 193 Å². The highest BCUT2D eigenvalue weighted by molar-refractivity contribution is 5.70. The lowest BCUT2D eigenvalue weighted by atomic mass is 10.1. The fourth-order valence-corrected chi connectivity index (χ4v) is 4.15. The number of hydrogen-bond donors (Lipinski definition) is 3. The molecule has 4 rings (SSSR count). The lowest BCUT2D eigenvalue weighted by molar-refractivity contribution is -0.560. The van der Waals surface area contributed by atoms with Crippen LogP contribution in [0.25, 0.3) is 11.4 Å². The smallest absolute Gasteiger partial charge is 0.341 e. The van der Waals surface area contributed by atoms with Crippen LogP contribution in [-0.2, 0) is 6.42 Å². The number of aryl methyl sites for hydroxylation is 3. The van der Waals surface area contributed by atoms with E-state index in [1.165, 1.54) is 11.1 Å². The average molecular weight is 451 g/mol. The molecule has 1 saturated heterocycles. The molecule has 174 valence electrons. The second kappa shape index (κ2) is 10.0. The third kappa shape index (κ3) is 5.34. The van der Waals surface area contributed by atoms with Crippen molar-refractivity contribution in [1.29, 1.82) is 0 Å². The fourth-order valence-electron chi connectivity index (χ4n) is 4.15. The summed E-state index contributed by atoms with van der Waals surface area (Å²) in [5.74, 6) is 1.73. The van der Waals surface area contributed by atoms with Crippen molar-refractivity contribution in [1.82, 2.24) is 10.1 Å². The average Bonchev–Trinajstić information content (AvgIpc) is 3.42. The molecule has 0 amide bonds. The zero-order valence-electron chi connectivity index (χ0n) is 19.2. The summed E-state index contributed by atoms with van der Waals surface area (Å²) in [6.45, 7) is 5.32. The molecule has 0 bridgehead atoms. The van der Waals surface area contributed by atoms with Crippen molar-refractivity contribution in [2.75, 3.05) is 13.2 Å². The van der Waals surface area contributed by atoms with Gasteiger partial charge in [0.05, 0.1) is 19.3 Å². The Morgan fingerprint density at radius 1 is 1.15 bits per heavy atom. The number of guanidine groups is 1. The molecule has 1 fully saturated rings. The van der Waals surface area contributed by atoms with Crippen molar-refractivity contribution in [2.24, 2.45) is 11.5 Å². The zero-order valence-corrected chi connectivity index (χ0v) is 19.2. The molecule has 1 aliphatic rings. The first-order valence-electron chi connectivity index (χ1n) is 11.4. The molecular weight excluding hydrogens is 418 g/mol. The van der Waals surface area contributed by atoms with E-state index in [4.69, 9.17) is 20.7 Å². The molecule has 0 aliphatic carbocycles. The Bertz CT molecular complexity index is 1120. The van der Waals surface area contributed by atoms with E-state index in [1.807, 2.05) is 25.1 Å². The van der Waals surface area contributed by atoms with Gasteiger partial charge in [-0.2, -0.15) is 4.98 Å². The molecule has 5 N–H and O–H groups in total. The quantitative estimate of drug-likeness (QED) is 0.274. The molecule has 8 heteroatoms. The molecule has 0 unspecified atom stereocenters. The van der Waals surface area contributed by atoms with Crippen LogP contribution in [0.1, 0.15) is 47.9 Å². The van der Waals surface area contributed by atoms with E-state index in [9.17, 15) is 5.11 Å². The third-order valence-electron chi connectivity index (χ3n) is 6.06. The molecule has 8 nitrogen and oxygen atoms in total. The highest BCUT2D eigenvalue weighted by Gasteiger charge is 2.39. The number of benzene rings is 2. The van der Waals surface area contributed by atoms with E-state index < -0.39 is 12.1 Å². The number of aromatic nitrogens is 2. The molecule has 2 heterocycles. The molecule has 3 aromatic rings. The maximum Gasteiger partial charge on any atom is 0.341 e. The van der Waals surface area contributed by atoms with E-state index in [0.29, 0.717) is 31.3 Å². The van der Waals surface area contributed by atoms with Gasteiger partial charge >= 0.3 is 5.96 Å². The minimum atomic E-state index is -0.663. The topological polar surface area (TPSA) is 123 Å². The second-order valence-electron chi connectivity index (χ2n) is 8.65. The van der Waals surface area contributed by atoms with Gasteiger partial charge in [0.15, 0.2) is 6.04 Å². The van der Waals surface area contributed by atoms with Crippen LogP contribution < -0.4 is 16.2 Å². The van der Waals surface area contributed by atoms with Crippen molar-refractivity contribution in [2.45, 2.75) is 51.7 Å². The molecule has 0 radical (unpaired) electrons. The summed E-state index contributed by atoms with van der Waals surface area (Å²) in [5, 5.41) is 14.4. The van der Waals surface area contributed by atoms with Crippen LogP contribution in [0.3, 0.4) is 0 Å². The highest BCUT2D eigenvalue weighted by Crippen LogP contribution is 2.30. The van der Waals surface area contributed by atoms with Gasteiger partial charge in [0.25, 0.3) is 5.89 Å². The van der Waals surface area contributed by atoms with Gasteiger partial charge in [0.2, 0.25) is 5.82 Å². The second-order valence-corrected chi connectivity index (χ2v) is 8.65. The van der Waals surface area contributed by atoms with Crippen LogP contribution in [0.5, 0.6) is 5.75 Å². The van der Waals surface area contributed by atoms with E-state index in [-0.39, 0.29) is 5.96 Å². The van der Waals surface area contributed by atoms with Gasteiger partial charge in [0, 0.05) is 12.0 Å². The predicted molar refractivity (Wildman–Crippen MR) is 126 cm³/mol. The number of aliphatic hydroxyl groups is 1. The Balaban J connectivity index is 1.34. The number of hydrogen-bond acceptors (Lipinski definition) is 5. The molecule has 2 aromatic carbocycles. The minimum Gasteiger partial charge on any atom is -0.493 e. The first-order valence-corrected chi connectivity index (χ1v) is 11.4. The fraction of sp³-hybridized carbons (Fsp3) is 0.400. The van der Waals surface area contributed by atoms with E-state index in [2.05, 4.69) is 41.3 Å². The van der Waals surface area contributed by atoms with Crippen LogP contribution in [0.2, 0.25) is 0 Å². The standard InChI is InChI=1S/C25H31N5O3/c1-16-6-8-18(9-7-16)5-3-4-14-32-21-11-10-19(15-17(21)2)23-28-24(33-29-23)22-20(31)12-13-30(22)25(26)27/h6-11,15,20,22,31H,3-5,12-14H2,1-2H3,(H3,26,27)/p+1/t20-,22-/m0/s1. The lowest BCUT2D eigenvalue weighted by Crippen LogP contribution is -2.37. The van der Waals surface area contributed by atoms with Crippen molar-refractivity contribution in [3.8, 4) is 17.1 Å². The van der Waals surface area contributed by atoms with Gasteiger partial charge in [-0.05, 0) is 62.4 Å². The summed E-state index contributed by atoms with van der Waals surface area (Å²) < 4.78 is 13.1. The van der Waals surface area contributed by atoms with E-state index in [0.717, 1.165) is 36.1 Å². The Morgan fingerprint density at radius 3 is 2.67 bits per heavy atom. The molecule has 0 spiro atoms. The van der Waals surface area contributed by atoms with Crippen molar-refractivity contribution in [3.05, 3.63) is 65.0 Å². The van der Waals surface area contributed by atoms with E-state index >= 15 is 0 Å². The van der Waals surface area contributed by atoms with E-state index in [1.54, 1.807) is 4.58 Å². The number of rotatable bonds is 8. The number of unbranched alkanes of at least 4 members (excludes halogenated alkanes) is 1. The van der Waals surface area contributed by atoms with Gasteiger partial charge < -0.3 is 14.4 Å². The summed E-state index contributed by atoms with van der Waals surface area (Å²) in [6, 6.07) is 14.0. The molecular formula is C25H32N5O3+. The molecule has 1 aromatic heterocycles.